The van der Waals surface area contributed by atoms with E-state index in [0.29, 0.717) is 5.56 Å². The molecule has 41 heavy (non-hydrogen) atoms. The second kappa shape index (κ2) is 16.2. The number of nitrogens with one attached hydrogen (secondary N) is 2. The van der Waals surface area contributed by atoms with Crippen molar-refractivity contribution >= 4 is 29.9 Å². The fourth-order valence-electron chi connectivity index (χ4n) is 3.94. The SMILES string of the molecule is CC(=O)OC(=O)c1c(C)cc(C)cc1C.O=C(O)CNC(=O)[C@H](Cc1ccccc1)NC(=O)OCc1ccccc1. The second-order valence-corrected chi connectivity index (χ2v) is 9.21. The summed E-state index contributed by atoms with van der Waals surface area (Å²) in [5, 5.41) is 13.5. The van der Waals surface area contributed by atoms with Crippen molar-refractivity contribution in [1.82, 2.24) is 10.6 Å². The largest absolute Gasteiger partial charge is 0.480 e. The number of carbonyl (C=O) groups is 5. The molecule has 2 amide bonds. The van der Waals surface area contributed by atoms with Gasteiger partial charge in [0.05, 0.1) is 5.56 Å². The van der Waals surface area contributed by atoms with Gasteiger partial charge in [-0.1, -0.05) is 78.4 Å². The Bertz CT molecular complexity index is 1330. The smallest absolute Gasteiger partial charge is 0.408 e. The minimum absolute atomic E-state index is 0.0709. The summed E-state index contributed by atoms with van der Waals surface area (Å²) in [5.41, 5.74) is 4.88. The second-order valence-electron chi connectivity index (χ2n) is 9.21. The van der Waals surface area contributed by atoms with E-state index in [9.17, 15) is 24.0 Å². The van der Waals surface area contributed by atoms with Crippen LogP contribution in [-0.4, -0.2) is 47.6 Å². The van der Waals surface area contributed by atoms with Crippen molar-refractivity contribution in [2.75, 3.05) is 6.54 Å². The van der Waals surface area contributed by atoms with E-state index in [2.05, 4.69) is 15.4 Å². The molecule has 0 fully saturated rings. The minimum Gasteiger partial charge on any atom is -0.480 e. The van der Waals surface area contributed by atoms with E-state index in [1.165, 1.54) is 6.92 Å². The fraction of sp³-hybridized carbons (Fsp3) is 0.258. The van der Waals surface area contributed by atoms with Gasteiger partial charge in [0.25, 0.3) is 0 Å². The molecule has 1 atom stereocenters. The van der Waals surface area contributed by atoms with Gasteiger partial charge in [-0.3, -0.25) is 14.4 Å². The van der Waals surface area contributed by atoms with Crippen LogP contribution in [0.1, 0.15) is 45.1 Å². The van der Waals surface area contributed by atoms with Gasteiger partial charge in [-0.05, 0) is 43.0 Å². The summed E-state index contributed by atoms with van der Waals surface area (Å²) in [6, 6.07) is 21.1. The lowest BCUT2D eigenvalue weighted by Crippen LogP contribution is -2.49. The first-order chi connectivity index (χ1) is 19.5. The first kappa shape index (κ1) is 32.2. The summed E-state index contributed by atoms with van der Waals surface area (Å²) in [5.74, 6) is -2.91. The van der Waals surface area contributed by atoms with Crippen molar-refractivity contribution in [3.63, 3.8) is 0 Å². The van der Waals surface area contributed by atoms with Gasteiger partial charge >= 0.3 is 24.0 Å². The lowest BCUT2D eigenvalue weighted by atomic mass is 10.00. The van der Waals surface area contributed by atoms with Crippen molar-refractivity contribution in [1.29, 1.82) is 0 Å². The zero-order valence-electron chi connectivity index (χ0n) is 23.4. The van der Waals surface area contributed by atoms with Gasteiger partial charge in [0.2, 0.25) is 5.91 Å². The highest BCUT2D eigenvalue weighted by molar-refractivity contribution is 5.98. The Morgan fingerprint density at radius 3 is 1.88 bits per heavy atom. The van der Waals surface area contributed by atoms with Gasteiger partial charge in [-0.25, -0.2) is 9.59 Å². The predicted octanol–water partition coefficient (Wildman–Crippen LogP) is 4.04. The molecule has 0 unspecified atom stereocenters. The lowest BCUT2D eigenvalue weighted by molar-refractivity contribution is -0.138. The van der Waals surface area contributed by atoms with E-state index < -0.39 is 42.5 Å². The third-order valence-corrected chi connectivity index (χ3v) is 5.64. The van der Waals surface area contributed by atoms with Crippen LogP contribution in [0.15, 0.2) is 72.8 Å². The summed E-state index contributed by atoms with van der Waals surface area (Å²) in [4.78, 5) is 57.1. The molecule has 3 rings (SSSR count). The Balaban J connectivity index is 0.000000333. The van der Waals surface area contributed by atoms with E-state index in [1.807, 2.05) is 93.6 Å². The summed E-state index contributed by atoms with van der Waals surface area (Å²) in [7, 11) is 0. The molecule has 10 nitrogen and oxygen atoms in total. The number of rotatable bonds is 9. The number of alkyl carbamates (subject to hydrolysis) is 1. The Morgan fingerprint density at radius 2 is 1.37 bits per heavy atom. The Morgan fingerprint density at radius 1 is 0.829 bits per heavy atom. The number of aliphatic carboxylic acids is 1. The molecule has 0 aliphatic rings. The van der Waals surface area contributed by atoms with Crippen LogP contribution < -0.4 is 10.6 Å². The molecule has 216 valence electrons. The molecule has 0 aliphatic heterocycles. The van der Waals surface area contributed by atoms with Crippen LogP contribution >= 0.6 is 0 Å². The van der Waals surface area contributed by atoms with Gasteiger partial charge in [-0.15, -0.1) is 0 Å². The average Bonchev–Trinajstić information content (AvgIpc) is 2.90. The van der Waals surface area contributed by atoms with Gasteiger partial charge < -0.3 is 25.2 Å². The lowest BCUT2D eigenvalue weighted by Gasteiger charge is -2.18. The first-order valence-electron chi connectivity index (χ1n) is 12.8. The zero-order valence-corrected chi connectivity index (χ0v) is 23.4. The molecule has 3 N–H and O–H groups in total. The van der Waals surface area contributed by atoms with E-state index in [4.69, 9.17) is 9.84 Å². The van der Waals surface area contributed by atoms with Crippen molar-refractivity contribution < 1.29 is 38.6 Å². The van der Waals surface area contributed by atoms with Crippen LogP contribution in [0.5, 0.6) is 0 Å². The molecule has 3 aromatic carbocycles. The van der Waals surface area contributed by atoms with Crippen molar-refractivity contribution in [3.05, 3.63) is 106 Å². The molecule has 0 heterocycles. The fourth-order valence-corrected chi connectivity index (χ4v) is 3.94. The molecule has 0 bridgehead atoms. The summed E-state index contributed by atoms with van der Waals surface area (Å²) in [6.07, 6.45) is -0.535. The van der Waals surface area contributed by atoms with Crippen LogP contribution in [0.25, 0.3) is 0 Å². The number of hydrogen-bond donors (Lipinski definition) is 3. The number of esters is 2. The van der Waals surface area contributed by atoms with Crippen LogP contribution in [0.2, 0.25) is 0 Å². The Kier molecular flexibility index (Phi) is 12.7. The quantitative estimate of drug-likeness (QED) is 0.261. The monoisotopic (exact) mass is 562 g/mol. The topological polar surface area (TPSA) is 148 Å². The standard InChI is InChI=1S/C19H20N2O5.C12H14O3/c22-17(23)12-20-18(24)16(11-14-7-3-1-4-8-14)21-19(25)26-13-15-9-5-2-6-10-15;1-7-5-8(2)11(9(3)6-7)12(14)15-10(4)13/h1-10,16H,11-13H2,(H,20,24)(H,21,25)(H,22,23);5-6H,1-4H3/t16-;/m0./s1. The van der Waals surface area contributed by atoms with E-state index in [1.54, 1.807) is 0 Å². The summed E-state index contributed by atoms with van der Waals surface area (Å²) >= 11 is 0. The normalized spacial score (nSPS) is 10.7. The summed E-state index contributed by atoms with van der Waals surface area (Å²) < 4.78 is 9.69. The van der Waals surface area contributed by atoms with Gasteiger partial charge in [0.1, 0.15) is 19.2 Å². The molecular weight excluding hydrogens is 528 g/mol. The van der Waals surface area contributed by atoms with E-state index in [-0.39, 0.29) is 13.0 Å². The van der Waals surface area contributed by atoms with Crippen LogP contribution in [0.3, 0.4) is 0 Å². The molecule has 10 heteroatoms. The van der Waals surface area contributed by atoms with Crippen molar-refractivity contribution in [3.8, 4) is 0 Å². The maximum absolute atomic E-state index is 12.2. The number of carboxylic acid groups (broad SMARTS) is 1. The highest BCUT2D eigenvalue weighted by Gasteiger charge is 2.22. The van der Waals surface area contributed by atoms with Crippen molar-refractivity contribution in [2.45, 2.75) is 46.8 Å². The van der Waals surface area contributed by atoms with Crippen LogP contribution in [0, 0.1) is 20.8 Å². The molecule has 3 aromatic rings. The van der Waals surface area contributed by atoms with Crippen LogP contribution in [-0.2, 0) is 36.9 Å². The van der Waals surface area contributed by atoms with Gasteiger partial charge in [0.15, 0.2) is 0 Å². The van der Waals surface area contributed by atoms with Gasteiger partial charge in [0, 0.05) is 13.3 Å². The first-order valence-corrected chi connectivity index (χ1v) is 12.8. The number of carbonyl (C=O) groups excluding carboxylic acids is 4. The zero-order chi connectivity index (χ0) is 30.4. The Labute approximate surface area is 238 Å². The molecule has 0 aliphatic carbocycles. The molecule has 0 radical (unpaired) electrons. The molecular formula is C31H34N2O8. The maximum atomic E-state index is 12.2. The highest BCUT2D eigenvalue weighted by atomic mass is 16.6. The number of ether oxygens (including phenoxy) is 2. The van der Waals surface area contributed by atoms with Gasteiger partial charge in [-0.2, -0.15) is 0 Å². The number of hydrogen-bond acceptors (Lipinski definition) is 7. The highest BCUT2D eigenvalue weighted by Crippen LogP contribution is 2.17. The van der Waals surface area contributed by atoms with E-state index in [0.717, 1.165) is 27.8 Å². The third kappa shape index (κ3) is 11.7. The number of amides is 2. The Hall–Kier alpha value is -4.99. The maximum Gasteiger partial charge on any atom is 0.408 e. The number of benzene rings is 3. The predicted molar refractivity (Wildman–Crippen MR) is 151 cm³/mol. The molecule has 0 saturated carbocycles. The van der Waals surface area contributed by atoms with Crippen LogP contribution in [0.4, 0.5) is 4.79 Å². The molecule has 0 aromatic heterocycles. The third-order valence-electron chi connectivity index (χ3n) is 5.64. The molecule has 0 spiro atoms. The molecule has 0 saturated heterocycles. The minimum atomic E-state index is -1.16. The number of aryl methyl sites for hydroxylation is 3. The van der Waals surface area contributed by atoms with Crippen molar-refractivity contribution in [2.24, 2.45) is 0 Å². The number of carboxylic acids is 1. The summed E-state index contributed by atoms with van der Waals surface area (Å²) in [6.45, 7) is 6.39. The average molecular weight is 563 g/mol. The van der Waals surface area contributed by atoms with E-state index >= 15 is 0 Å².